The molecular formula is C17H29N3. The molecule has 0 aromatic heterocycles. The van der Waals surface area contributed by atoms with E-state index in [4.69, 9.17) is 0 Å². The van der Waals surface area contributed by atoms with Gasteiger partial charge in [0.05, 0.1) is 0 Å². The van der Waals surface area contributed by atoms with Crippen LogP contribution in [-0.4, -0.2) is 55.1 Å². The number of piperazine rings is 1. The first-order chi connectivity index (χ1) is 9.79. The predicted octanol–water partition coefficient (Wildman–Crippen LogP) is 2.19. The predicted molar refractivity (Wildman–Crippen MR) is 85.9 cm³/mol. The number of benzene rings is 1. The SMILES string of the molecule is CCCNCC(C)N1CCN(Cc2ccccc2)CC1. The monoisotopic (exact) mass is 275 g/mol. The van der Waals surface area contributed by atoms with Gasteiger partial charge in [-0.2, -0.15) is 0 Å². The minimum absolute atomic E-state index is 0.653. The lowest BCUT2D eigenvalue weighted by molar-refractivity contribution is 0.0974. The second kappa shape index (κ2) is 8.40. The molecule has 1 aromatic carbocycles. The summed E-state index contributed by atoms with van der Waals surface area (Å²) in [5.74, 6) is 0. The van der Waals surface area contributed by atoms with E-state index >= 15 is 0 Å². The minimum atomic E-state index is 0.653. The molecule has 0 spiro atoms. The molecular weight excluding hydrogens is 246 g/mol. The molecule has 20 heavy (non-hydrogen) atoms. The maximum Gasteiger partial charge on any atom is 0.0234 e. The molecule has 1 aromatic rings. The first-order valence-corrected chi connectivity index (χ1v) is 8.00. The summed E-state index contributed by atoms with van der Waals surface area (Å²) in [6.07, 6.45) is 1.22. The average molecular weight is 275 g/mol. The Hall–Kier alpha value is -0.900. The fourth-order valence-corrected chi connectivity index (χ4v) is 2.82. The molecule has 1 saturated heterocycles. The van der Waals surface area contributed by atoms with E-state index in [1.54, 1.807) is 0 Å². The lowest BCUT2D eigenvalue weighted by Crippen LogP contribution is -2.51. The van der Waals surface area contributed by atoms with E-state index in [0.29, 0.717) is 6.04 Å². The normalized spacial score (nSPS) is 19.1. The number of rotatable bonds is 7. The van der Waals surface area contributed by atoms with Crippen LogP contribution in [-0.2, 0) is 6.54 Å². The largest absolute Gasteiger partial charge is 0.315 e. The molecule has 3 nitrogen and oxygen atoms in total. The van der Waals surface area contributed by atoms with Crippen LogP contribution in [0.5, 0.6) is 0 Å². The van der Waals surface area contributed by atoms with E-state index in [-0.39, 0.29) is 0 Å². The Bertz CT molecular complexity index is 358. The van der Waals surface area contributed by atoms with Gasteiger partial charge in [0, 0.05) is 45.3 Å². The van der Waals surface area contributed by atoms with E-state index in [0.717, 1.165) is 19.6 Å². The van der Waals surface area contributed by atoms with Crippen LogP contribution >= 0.6 is 0 Å². The van der Waals surface area contributed by atoms with E-state index in [1.165, 1.54) is 38.2 Å². The Morgan fingerprint density at radius 3 is 2.45 bits per heavy atom. The Labute approximate surface area is 124 Å². The molecule has 1 atom stereocenters. The van der Waals surface area contributed by atoms with Crippen molar-refractivity contribution < 1.29 is 0 Å². The van der Waals surface area contributed by atoms with Crippen molar-refractivity contribution in [1.29, 1.82) is 0 Å². The van der Waals surface area contributed by atoms with Gasteiger partial charge in [0.1, 0.15) is 0 Å². The molecule has 0 amide bonds. The Morgan fingerprint density at radius 2 is 1.80 bits per heavy atom. The molecule has 1 aliphatic heterocycles. The fourth-order valence-electron chi connectivity index (χ4n) is 2.82. The summed E-state index contributed by atoms with van der Waals surface area (Å²) >= 11 is 0. The van der Waals surface area contributed by atoms with Gasteiger partial charge in [-0.15, -0.1) is 0 Å². The highest BCUT2D eigenvalue weighted by atomic mass is 15.3. The van der Waals surface area contributed by atoms with Crippen molar-refractivity contribution in [2.45, 2.75) is 32.9 Å². The second-order valence-corrected chi connectivity index (χ2v) is 5.85. The van der Waals surface area contributed by atoms with Crippen molar-refractivity contribution >= 4 is 0 Å². The fraction of sp³-hybridized carbons (Fsp3) is 0.647. The van der Waals surface area contributed by atoms with Crippen LogP contribution in [0, 0.1) is 0 Å². The quantitative estimate of drug-likeness (QED) is 0.770. The maximum atomic E-state index is 3.53. The highest BCUT2D eigenvalue weighted by Gasteiger charge is 2.20. The zero-order valence-corrected chi connectivity index (χ0v) is 13.0. The number of nitrogens with one attached hydrogen (secondary N) is 1. The van der Waals surface area contributed by atoms with Crippen LogP contribution in [0.2, 0.25) is 0 Å². The summed E-state index contributed by atoms with van der Waals surface area (Å²) in [6.45, 7) is 12.7. The minimum Gasteiger partial charge on any atom is -0.315 e. The zero-order valence-electron chi connectivity index (χ0n) is 13.0. The Morgan fingerprint density at radius 1 is 1.10 bits per heavy atom. The van der Waals surface area contributed by atoms with E-state index in [9.17, 15) is 0 Å². The topological polar surface area (TPSA) is 18.5 Å². The first-order valence-electron chi connectivity index (χ1n) is 8.00. The van der Waals surface area contributed by atoms with Crippen molar-refractivity contribution in [3.8, 4) is 0 Å². The van der Waals surface area contributed by atoms with Crippen molar-refractivity contribution in [2.24, 2.45) is 0 Å². The van der Waals surface area contributed by atoms with Gasteiger partial charge in [0.2, 0.25) is 0 Å². The highest BCUT2D eigenvalue weighted by Crippen LogP contribution is 2.10. The zero-order chi connectivity index (χ0) is 14.2. The lowest BCUT2D eigenvalue weighted by atomic mass is 10.2. The smallest absolute Gasteiger partial charge is 0.0234 e. The van der Waals surface area contributed by atoms with E-state index in [1.807, 2.05) is 0 Å². The van der Waals surface area contributed by atoms with Gasteiger partial charge in [0.15, 0.2) is 0 Å². The van der Waals surface area contributed by atoms with Gasteiger partial charge in [-0.1, -0.05) is 37.3 Å². The van der Waals surface area contributed by atoms with Crippen LogP contribution < -0.4 is 5.32 Å². The van der Waals surface area contributed by atoms with Gasteiger partial charge >= 0.3 is 0 Å². The van der Waals surface area contributed by atoms with Gasteiger partial charge in [-0.05, 0) is 25.5 Å². The first kappa shape index (κ1) is 15.5. The molecule has 0 saturated carbocycles. The Balaban J connectivity index is 1.69. The molecule has 1 N–H and O–H groups in total. The van der Waals surface area contributed by atoms with Gasteiger partial charge in [-0.3, -0.25) is 9.80 Å². The molecule has 1 aliphatic rings. The second-order valence-electron chi connectivity index (χ2n) is 5.85. The summed E-state index contributed by atoms with van der Waals surface area (Å²) in [5.41, 5.74) is 1.43. The average Bonchev–Trinajstić information content (AvgIpc) is 2.49. The van der Waals surface area contributed by atoms with Crippen molar-refractivity contribution in [3.05, 3.63) is 35.9 Å². The van der Waals surface area contributed by atoms with Crippen molar-refractivity contribution in [2.75, 3.05) is 39.3 Å². The van der Waals surface area contributed by atoms with Gasteiger partial charge in [0.25, 0.3) is 0 Å². The summed E-state index contributed by atoms with van der Waals surface area (Å²) < 4.78 is 0. The molecule has 3 heteroatoms. The van der Waals surface area contributed by atoms with Crippen LogP contribution in [0.15, 0.2) is 30.3 Å². The summed E-state index contributed by atoms with van der Waals surface area (Å²) in [7, 11) is 0. The number of hydrogen-bond acceptors (Lipinski definition) is 3. The third-order valence-electron chi connectivity index (χ3n) is 4.15. The van der Waals surface area contributed by atoms with Gasteiger partial charge in [-0.25, -0.2) is 0 Å². The lowest BCUT2D eigenvalue weighted by Gasteiger charge is -2.38. The molecule has 1 fully saturated rings. The van der Waals surface area contributed by atoms with Gasteiger partial charge < -0.3 is 5.32 Å². The van der Waals surface area contributed by atoms with Crippen LogP contribution in [0.25, 0.3) is 0 Å². The van der Waals surface area contributed by atoms with Crippen molar-refractivity contribution in [3.63, 3.8) is 0 Å². The van der Waals surface area contributed by atoms with Crippen molar-refractivity contribution in [1.82, 2.24) is 15.1 Å². The standard InChI is InChI=1S/C17H29N3/c1-3-9-18-14-16(2)20-12-10-19(11-13-20)15-17-7-5-4-6-8-17/h4-8,16,18H,3,9-15H2,1-2H3. The van der Waals surface area contributed by atoms with E-state index in [2.05, 4.69) is 59.3 Å². The number of hydrogen-bond donors (Lipinski definition) is 1. The third kappa shape index (κ3) is 4.89. The van der Waals surface area contributed by atoms with Crippen LogP contribution in [0.3, 0.4) is 0 Å². The summed E-state index contributed by atoms with van der Waals surface area (Å²) in [4.78, 5) is 5.18. The van der Waals surface area contributed by atoms with E-state index < -0.39 is 0 Å². The molecule has 0 bridgehead atoms. The summed E-state index contributed by atoms with van der Waals surface area (Å²) in [5, 5.41) is 3.53. The summed E-state index contributed by atoms with van der Waals surface area (Å²) in [6, 6.07) is 11.5. The molecule has 2 rings (SSSR count). The van der Waals surface area contributed by atoms with Crippen LogP contribution in [0.1, 0.15) is 25.8 Å². The molecule has 1 unspecified atom stereocenters. The number of nitrogens with zero attached hydrogens (tertiary/aromatic N) is 2. The molecule has 1 heterocycles. The molecule has 0 radical (unpaired) electrons. The maximum absolute atomic E-state index is 3.53. The Kier molecular flexibility index (Phi) is 6.51. The third-order valence-corrected chi connectivity index (χ3v) is 4.15. The highest BCUT2D eigenvalue weighted by molar-refractivity contribution is 5.14. The molecule has 0 aliphatic carbocycles. The molecule has 112 valence electrons. The van der Waals surface area contributed by atoms with Crippen LogP contribution in [0.4, 0.5) is 0 Å².